The third-order valence-corrected chi connectivity index (χ3v) is 9.00. The van der Waals surface area contributed by atoms with Crippen LogP contribution in [0.15, 0.2) is 60.7 Å². The molecule has 48 heavy (non-hydrogen) atoms. The fraction of sp³-hybridized carbons (Fsp3) is 0.459. The van der Waals surface area contributed by atoms with E-state index in [1.807, 2.05) is 48.5 Å². The maximum atomic E-state index is 12.7. The number of rotatable bonds is 15. The molecule has 1 fully saturated rings. The number of fused-ring (bicyclic) bond motifs is 1. The number of amides is 2. The van der Waals surface area contributed by atoms with Crippen LogP contribution in [0.3, 0.4) is 0 Å². The standard InChI is InChI=1S/C37H47N3O8/c1-45-33-19-27-16-17-40(22-29(27)20-34(33)46-2)23-31-21-32(26-14-12-25(24-41)13-15-26)48-37(47-31)28-8-7-9-30(18-28)38-35(42)10-5-3-4-6-11-36(43)39-44/h7-9,12-15,18-20,31-32,37,41,44H,3-6,10-11,16-17,21-24H2,1-2H3,(H,38,42)(H,39,43). The highest BCUT2D eigenvalue weighted by atomic mass is 16.7. The molecule has 2 heterocycles. The van der Waals surface area contributed by atoms with E-state index in [1.165, 1.54) is 11.1 Å². The number of nitrogens with one attached hydrogen (secondary N) is 2. The number of benzene rings is 3. The fourth-order valence-electron chi connectivity index (χ4n) is 6.39. The molecule has 0 saturated carbocycles. The first-order chi connectivity index (χ1) is 23.4. The summed E-state index contributed by atoms with van der Waals surface area (Å²) in [5.74, 6) is 1.000. The van der Waals surface area contributed by atoms with E-state index in [0.717, 1.165) is 67.1 Å². The largest absolute Gasteiger partial charge is 0.493 e. The van der Waals surface area contributed by atoms with Gasteiger partial charge >= 0.3 is 0 Å². The van der Waals surface area contributed by atoms with Gasteiger partial charge in [0, 0.05) is 50.1 Å². The molecular weight excluding hydrogens is 614 g/mol. The average Bonchev–Trinajstić information content (AvgIpc) is 3.12. The van der Waals surface area contributed by atoms with Crippen LogP contribution in [0.25, 0.3) is 0 Å². The molecule has 5 rings (SSSR count). The summed E-state index contributed by atoms with van der Waals surface area (Å²) in [5.41, 5.74) is 7.48. The number of carbonyl (C=O) groups is 2. The van der Waals surface area contributed by atoms with Gasteiger partial charge in [-0.3, -0.25) is 19.7 Å². The van der Waals surface area contributed by atoms with Crippen molar-refractivity contribution >= 4 is 17.5 Å². The summed E-state index contributed by atoms with van der Waals surface area (Å²) >= 11 is 0. The van der Waals surface area contributed by atoms with Crippen LogP contribution >= 0.6 is 0 Å². The second kappa shape index (κ2) is 17.4. The van der Waals surface area contributed by atoms with Gasteiger partial charge in [-0.2, -0.15) is 0 Å². The van der Waals surface area contributed by atoms with Gasteiger partial charge in [-0.25, -0.2) is 5.48 Å². The van der Waals surface area contributed by atoms with E-state index in [9.17, 15) is 14.7 Å². The summed E-state index contributed by atoms with van der Waals surface area (Å²) in [6.45, 7) is 2.37. The van der Waals surface area contributed by atoms with Crippen molar-refractivity contribution in [2.75, 3.05) is 32.6 Å². The van der Waals surface area contributed by atoms with Crippen LogP contribution < -0.4 is 20.3 Å². The summed E-state index contributed by atoms with van der Waals surface area (Å²) in [5, 5.41) is 21.2. The Morgan fingerprint density at radius 2 is 1.58 bits per heavy atom. The normalized spacial score (nSPS) is 19.3. The predicted octanol–water partition coefficient (Wildman–Crippen LogP) is 5.58. The molecule has 258 valence electrons. The minimum atomic E-state index is -0.638. The van der Waals surface area contributed by atoms with Crippen molar-refractivity contribution in [3.63, 3.8) is 0 Å². The van der Waals surface area contributed by atoms with Crippen molar-refractivity contribution in [3.05, 3.63) is 88.5 Å². The number of methoxy groups -OCH3 is 2. The maximum Gasteiger partial charge on any atom is 0.243 e. The van der Waals surface area contributed by atoms with Crippen molar-refractivity contribution in [1.82, 2.24) is 10.4 Å². The quantitative estimate of drug-likeness (QED) is 0.0934. The molecule has 4 N–H and O–H groups in total. The van der Waals surface area contributed by atoms with Crippen LogP contribution in [-0.2, 0) is 38.6 Å². The fourth-order valence-corrected chi connectivity index (χ4v) is 6.39. The van der Waals surface area contributed by atoms with Gasteiger partial charge in [0.15, 0.2) is 17.8 Å². The summed E-state index contributed by atoms with van der Waals surface area (Å²) < 4.78 is 24.3. The van der Waals surface area contributed by atoms with Gasteiger partial charge in [0.1, 0.15) is 0 Å². The third-order valence-electron chi connectivity index (χ3n) is 9.00. The number of hydroxylamine groups is 1. The van der Waals surface area contributed by atoms with E-state index in [4.69, 9.17) is 24.2 Å². The molecule has 2 aliphatic heterocycles. The topological polar surface area (TPSA) is 139 Å². The molecule has 0 aromatic heterocycles. The van der Waals surface area contributed by atoms with E-state index < -0.39 is 12.2 Å². The summed E-state index contributed by atoms with van der Waals surface area (Å²) in [7, 11) is 3.31. The number of aliphatic hydroxyl groups is 1. The first-order valence-electron chi connectivity index (χ1n) is 16.7. The number of aliphatic hydroxyl groups excluding tert-OH is 1. The molecule has 3 atom stereocenters. The molecule has 0 bridgehead atoms. The van der Waals surface area contributed by atoms with Gasteiger partial charge in [0.05, 0.1) is 33.0 Å². The van der Waals surface area contributed by atoms with Crippen LogP contribution in [0, 0.1) is 0 Å². The molecule has 0 aliphatic carbocycles. The van der Waals surface area contributed by atoms with Gasteiger partial charge in [-0.05, 0) is 65.8 Å². The van der Waals surface area contributed by atoms with Crippen LogP contribution in [0.5, 0.6) is 11.5 Å². The Kier molecular flexibility index (Phi) is 12.8. The van der Waals surface area contributed by atoms with E-state index in [2.05, 4.69) is 22.3 Å². The Morgan fingerprint density at radius 1 is 0.875 bits per heavy atom. The van der Waals surface area contributed by atoms with Gasteiger partial charge in [-0.1, -0.05) is 49.2 Å². The third kappa shape index (κ3) is 9.55. The summed E-state index contributed by atoms with van der Waals surface area (Å²) in [6, 6.07) is 19.6. The predicted molar refractivity (Wildman–Crippen MR) is 180 cm³/mol. The van der Waals surface area contributed by atoms with Crippen LogP contribution in [-0.4, -0.2) is 60.4 Å². The van der Waals surface area contributed by atoms with Crippen molar-refractivity contribution in [2.24, 2.45) is 0 Å². The smallest absolute Gasteiger partial charge is 0.243 e. The maximum absolute atomic E-state index is 12.7. The Bertz CT molecular complexity index is 1510. The first kappa shape index (κ1) is 35.3. The van der Waals surface area contributed by atoms with Crippen LogP contribution in [0.1, 0.15) is 85.2 Å². The minimum absolute atomic E-state index is 0.0187. The molecule has 0 spiro atoms. The van der Waals surface area contributed by atoms with E-state index in [1.54, 1.807) is 19.7 Å². The lowest BCUT2D eigenvalue weighted by molar-refractivity contribution is -0.253. The summed E-state index contributed by atoms with van der Waals surface area (Å²) in [6.07, 6.45) is 4.25. The van der Waals surface area contributed by atoms with Crippen molar-refractivity contribution in [2.45, 2.75) is 83.0 Å². The molecule has 11 nitrogen and oxygen atoms in total. The molecule has 3 unspecified atom stereocenters. The van der Waals surface area contributed by atoms with E-state index in [-0.39, 0.29) is 31.1 Å². The SMILES string of the molecule is COc1cc2c(cc1OC)CN(CC1CC(c3ccc(CO)cc3)OC(c3cccc(NC(=O)CCCCCCC(=O)NO)c3)O1)CC2. The Labute approximate surface area is 282 Å². The van der Waals surface area contributed by atoms with Crippen LogP contribution in [0.4, 0.5) is 5.69 Å². The molecule has 0 radical (unpaired) electrons. The number of nitrogens with zero attached hydrogens (tertiary/aromatic N) is 1. The number of carbonyl (C=O) groups excluding carboxylic acids is 2. The second-order valence-electron chi connectivity index (χ2n) is 12.4. The molecule has 3 aromatic carbocycles. The van der Waals surface area contributed by atoms with Gasteiger partial charge < -0.3 is 29.4 Å². The van der Waals surface area contributed by atoms with Gasteiger partial charge in [0.25, 0.3) is 0 Å². The minimum Gasteiger partial charge on any atom is -0.493 e. The van der Waals surface area contributed by atoms with Crippen molar-refractivity contribution in [3.8, 4) is 11.5 Å². The highest BCUT2D eigenvalue weighted by Crippen LogP contribution is 2.39. The monoisotopic (exact) mass is 661 g/mol. The van der Waals surface area contributed by atoms with Crippen molar-refractivity contribution < 1.29 is 38.9 Å². The highest BCUT2D eigenvalue weighted by molar-refractivity contribution is 5.90. The number of hydrogen-bond donors (Lipinski definition) is 4. The molecule has 1 saturated heterocycles. The molecule has 2 aliphatic rings. The van der Waals surface area contributed by atoms with E-state index >= 15 is 0 Å². The summed E-state index contributed by atoms with van der Waals surface area (Å²) in [4.78, 5) is 26.3. The zero-order valence-corrected chi connectivity index (χ0v) is 27.8. The molecule has 3 aromatic rings. The van der Waals surface area contributed by atoms with Crippen molar-refractivity contribution in [1.29, 1.82) is 0 Å². The Balaban J connectivity index is 1.24. The highest BCUT2D eigenvalue weighted by Gasteiger charge is 2.34. The average molecular weight is 662 g/mol. The zero-order valence-electron chi connectivity index (χ0n) is 27.8. The second-order valence-corrected chi connectivity index (χ2v) is 12.4. The van der Waals surface area contributed by atoms with Gasteiger partial charge in [-0.15, -0.1) is 0 Å². The van der Waals surface area contributed by atoms with Gasteiger partial charge in [0.2, 0.25) is 11.8 Å². The lowest BCUT2D eigenvalue weighted by atomic mass is 9.97. The lowest BCUT2D eigenvalue weighted by Gasteiger charge is -2.39. The van der Waals surface area contributed by atoms with Crippen LogP contribution in [0.2, 0.25) is 0 Å². The number of anilines is 1. The molecule has 11 heteroatoms. The number of unbranched alkanes of at least 4 members (excludes halogenated alkanes) is 3. The number of hydrogen-bond acceptors (Lipinski definition) is 9. The number of ether oxygens (including phenoxy) is 4. The Hall–Kier alpha value is -4.00. The zero-order chi connectivity index (χ0) is 33.9. The molecular formula is C37H47N3O8. The lowest BCUT2D eigenvalue weighted by Crippen LogP contribution is -2.41. The molecule has 2 amide bonds. The first-order valence-corrected chi connectivity index (χ1v) is 16.7. The van der Waals surface area contributed by atoms with E-state index in [0.29, 0.717) is 31.4 Å². The Morgan fingerprint density at radius 3 is 2.27 bits per heavy atom.